The zero-order valence-electron chi connectivity index (χ0n) is 52.3. The Morgan fingerprint density at radius 2 is 0.529 bits per heavy atom. The number of rotatable bonds is 10. The monoisotopic (exact) mass is 1100 g/mol. The lowest BCUT2D eigenvalue weighted by Crippen LogP contribution is -2.17. The molecule has 0 aliphatic heterocycles. The van der Waals surface area contributed by atoms with Crippen molar-refractivity contribution in [2.75, 3.05) is 9.80 Å². The average molecular weight is 1110 g/mol. The summed E-state index contributed by atoms with van der Waals surface area (Å²) in [5, 5.41) is 0. The number of aryl methyl sites for hydroxylation is 2. The molecule has 0 fully saturated rings. The molecule has 2 heteroatoms. The molecule has 3 aliphatic carbocycles. The summed E-state index contributed by atoms with van der Waals surface area (Å²) >= 11 is 0. The van der Waals surface area contributed by atoms with Crippen LogP contribution in [0.25, 0.3) is 57.7 Å². The standard InChI is InChI=1S/C83H80N2/c1-53-19-15-17-21-77(53)84(61-35-31-59(32-36-61)79(3,4)5)63-39-45-69-67-43-29-57(49-73(67)82(11,12)75(69)51-63)25-23-55-27-41-65-66-42-28-56(48-72(66)81(9,10)71(65)47-55)24-26-58-30-44-68-70-46-40-64(52-76(70)83(13,14)74(68)50-58)85(78-22-18-16-20-54(78)2)62-37-33-60(34-38-62)80(6,7)8/h15-52H,1-14H3. The zero-order chi connectivity index (χ0) is 59.5. The Hall–Kier alpha value is -8.72. The molecule has 3 aliphatic rings. The number of anilines is 6. The van der Waals surface area contributed by atoms with Crippen LogP contribution in [0.5, 0.6) is 0 Å². The SMILES string of the molecule is Cc1ccccc1N(c1ccc(C(C)(C)C)cc1)c1ccc2c(c1)C(C)(C)c1cc(C=Cc3ccc4c(c3)C(C)(C)c3cc(C=Cc5ccc6c(c5)C(C)(C)c5cc(N(c7ccc(C(C)(C)C)cc7)c7ccccc7C)ccc5-6)ccc3-4)ccc1-2. The fourth-order valence-electron chi connectivity index (χ4n) is 14.0. The summed E-state index contributed by atoms with van der Waals surface area (Å²) in [5.74, 6) is 0. The fraction of sp³-hybridized carbons (Fsp3) is 0.229. The van der Waals surface area contributed by atoms with Crippen LogP contribution in [0.4, 0.5) is 34.1 Å². The number of hydrogen-bond acceptors (Lipinski definition) is 2. The molecule has 0 heterocycles. The quantitative estimate of drug-likeness (QED) is 0.126. The Kier molecular flexibility index (Phi) is 13.2. The van der Waals surface area contributed by atoms with Crippen molar-refractivity contribution in [1.29, 1.82) is 0 Å². The molecular weight excluding hydrogens is 1020 g/mol. The van der Waals surface area contributed by atoms with Crippen molar-refractivity contribution in [1.82, 2.24) is 0 Å². The van der Waals surface area contributed by atoms with Crippen molar-refractivity contribution < 1.29 is 0 Å². The molecule has 2 nitrogen and oxygen atoms in total. The average Bonchev–Trinajstić information content (AvgIpc) is 1.75. The van der Waals surface area contributed by atoms with E-state index in [1.807, 2.05) is 0 Å². The van der Waals surface area contributed by atoms with Crippen LogP contribution < -0.4 is 9.80 Å². The first-order valence-electron chi connectivity index (χ1n) is 30.6. The van der Waals surface area contributed by atoms with Crippen molar-refractivity contribution in [2.24, 2.45) is 0 Å². The van der Waals surface area contributed by atoms with E-state index in [1.54, 1.807) is 0 Å². The van der Waals surface area contributed by atoms with E-state index in [-0.39, 0.29) is 27.1 Å². The molecule has 0 N–H and O–H groups in total. The predicted octanol–water partition coefficient (Wildman–Crippen LogP) is 23.1. The summed E-state index contributed by atoms with van der Waals surface area (Å²) in [6.07, 6.45) is 9.21. The van der Waals surface area contributed by atoms with E-state index in [4.69, 9.17) is 0 Å². The lowest BCUT2D eigenvalue weighted by atomic mass is 9.81. The van der Waals surface area contributed by atoms with Gasteiger partial charge in [0.15, 0.2) is 0 Å². The molecule has 0 spiro atoms. The van der Waals surface area contributed by atoms with Crippen molar-refractivity contribution in [3.8, 4) is 33.4 Å². The van der Waals surface area contributed by atoms with E-state index in [2.05, 4.69) is 337 Å². The second-order valence-electron chi connectivity index (χ2n) is 28.1. The van der Waals surface area contributed by atoms with Crippen LogP contribution in [0.1, 0.15) is 161 Å². The first kappa shape index (κ1) is 55.5. The first-order valence-corrected chi connectivity index (χ1v) is 30.6. The van der Waals surface area contributed by atoms with E-state index >= 15 is 0 Å². The topological polar surface area (TPSA) is 6.48 Å². The van der Waals surface area contributed by atoms with E-state index in [0.29, 0.717) is 0 Å². The third kappa shape index (κ3) is 9.59. The summed E-state index contributed by atoms with van der Waals surface area (Å²) in [6.45, 7) is 32.4. The highest BCUT2D eigenvalue weighted by Crippen LogP contribution is 2.54. The summed E-state index contributed by atoms with van der Waals surface area (Å²) < 4.78 is 0. The largest absolute Gasteiger partial charge is 0.310 e. The molecule has 13 rings (SSSR count). The Bertz CT molecular complexity index is 4070. The minimum absolute atomic E-state index is 0.0832. The van der Waals surface area contributed by atoms with Gasteiger partial charge >= 0.3 is 0 Å². The van der Waals surface area contributed by atoms with Crippen LogP contribution in [0.15, 0.2) is 206 Å². The van der Waals surface area contributed by atoms with E-state index < -0.39 is 0 Å². The number of hydrogen-bond donors (Lipinski definition) is 0. The molecule has 0 atom stereocenters. The molecule has 0 saturated carbocycles. The van der Waals surface area contributed by atoms with Gasteiger partial charge in [-0.1, -0.05) is 253 Å². The van der Waals surface area contributed by atoms with Gasteiger partial charge in [0.1, 0.15) is 0 Å². The van der Waals surface area contributed by atoms with Gasteiger partial charge in [-0.25, -0.2) is 0 Å². The molecule has 422 valence electrons. The molecule has 0 bridgehead atoms. The Morgan fingerprint density at radius 1 is 0.282 bits per heavy atom. The molecule has 10 aromatic carbocycles. The van der Waals surface area contributed by atoms with Crippen molar-refractivity contribution in [3.63, 3.8) is 0 Å². The molecule has 0 unspecified atom stereocenters. The van der Waals surface area contributed by atoms with Gasteiger partial charge in [0, 0.05) is 50.4 Å². The summed E-state index contributed by atoms with van der Waals surface area (Å²) in [5.41, 5.74) is 32.9. The van der Waals surface area contributed by atoms with Gasteiger partial charge in [0.25, 0.3) is 0 Å². The molecule has 10 aromatic rings. The van der Waals surface area contributed by atoms with Gasteiger partial charge < -0.3 is 9.80 Å². The highest BCUT2D eigenvalue weighted by atomic mass is 15.1. The molecular formula is C83H80N2. The first-order chi connectivity index (χ1) is 40.5. The second-order valence-corrected chi connectivity index (χ2v) is 28.1. The van der Waals surface area contributed by atoms with Crippen molar-refractivity contribution >= 4 is 58.4 Å². The highest BCUT2D eigenvalue weighted by Gasteiger charge is 2.39. The summed E-state index contributed by atoms with van der Waals surface area (Å²) in [6, 6.07) is 78.2. The molecule has 0 radical (unpaired) electrons. The zero-order valence-corrected chi connectivity index (χ0v) is 52.3. The van der Waals surface area contributed by atoms with Crippen LogP contribution >= 0.6 is 0 Å². The number of nitrogens with zero attached hydrogens (tertiary/aromatic N) is 2. The van der Waals surface area contributed by atoms with E-state index in [0.717, 1.165) is 11.4 Å². The predicted molar refractivity (Wildman–Crippen MR) is 366 cm³/mol. The van der Waals surface area contributed by atoms with Crippen molar-refractivity contribution in [2.45, 2.75) is 124 Å². The van der Waals surface area contributed by atoms with E-state index in [9.17, 15) is 0 Å². The lowest BCUT2D eigenvalue weighted by Gasteiger charge is -2.30. The Balaban J connectivity index is 0.728. The second kappa shape index (κ2) is 20.2. The number of fused-ring (bicyclic) bond motifs is 9. The van der Waals surface area contributed by atoms with Crippen LogP contribution in [0.3, 0.4) is 0 Å². The number of benzene rings is 10. The molecule has 0 saturated heterocycles. The highest BCUT2D eigenvalue weighted by molar-refractivity contribution is 5.91. The molecule has 85 heavy (non-hydrogen) atoms. The number of para-hydroxylation sites is 2. The summed E-state index contributed by atoms with van der Waals surface area (Å²) in [7, 11) is 0. The van der Waals surface area contributed by atoms with Gasteiger partial charge in [-0.2, -0.15) is 0 Å². The van der Waals surface area contributed by atoms with Crippen LogP contribution in [-0.4, -0.2) is 0 Å². The van der Waals surface area contributed by atoms with Gasteiger partial charge in [0.05, 0.1) is 0 Å². The maximum atomic E-state index is 2.44. The van der Waals surface area contributed by atoms with Crippen LogP contribution in [0.2, 0.25) is 0 Å². The van der Waals surface area contributed by atoms with Crippen LogP contribution in [-0.2, 0) is 27.1 Å². The van der Waals surface area contributed by atoms with Gasteiger partial charge in [-0.15, -0.1) is 0 Å². The Labute approximate surface area is 506 Å². The molecule has 0 aromatic heterocycles. The smallest absolute Gasteiger partial charge is 0.0490 e. The molecule has 0 amide bonds. The van der Waals surface area contributed by atoms with Gasteiger partial charge in [0.2, 0.25) is 0 Å². The van der Waals surface area contributed by atoms with Crippen molar-refractivity contribution in [3.05, 3.63) is 284 Å². The Morgan fingerprint density at radius 3 is 0.800 bits per heavy atom. The van der Waals surface area contributed by atoms with Gasteiger partial charge in [-0.05, 0) is 197 Å². The van der Waals surface area contributed by atoms with Gasteiger partial charge in [-0.3, -0.25) is 0 Å². The lowest BCUT2D eigenvalue weighted by molar-refractivity contribution is 0.590. The maximum absolute atomic E-state index is 2.44. The minimum atomic E-state index is -0.183. The minimum Gasteiger partial charge on any atom is -0.310 e. The summed E-state index contributed by atoms with van der Waals surface area (Å²) in [4.78, 5) is 4.86. The van der Waals surface area contributed by atoms with E-state index in [1.165, 1.54) is 134 Å². The van der Waals surface area contributed by atoms with Crippen LogP contribution in [0, 0.1) is 13.8 Å². The third-order valence-electron chi connectivity index (χ3n) is 19.2. The fourth-order valence-corrected chi connectivity index (χ4v) is 14.0. The third-order valence-corrected chi connectivity index (χ3v) is 19.2. The normalized spacial score (nSPS) is 14.9. The maximum Gasteiger partial charge on any atom is 0.0490 e.